The summed E-state index contributed by atoms with van der Waals surface area (Å²) in [5.74, 6) is 0.126. The van der Waals surface area contributed by atoms with Gasteiger partial charge in [-0.3, -0.25) is 9.69 Å². The van der Waals surface area contributed by atoms with Crippen LogP contribution in [-0.4, -0.2) is 74.9 Å². The molecular weight excluding hydrogens is 304 g/mol. The molecule has 6 nitrogen and oxygen atoms in total. The topological polar surface area (TPSA) is 65.6 Å². The molecule has 24 heavy (non-hydrogen) atoms. The normalized spacial score (nSPS) is 18.0. The number of piperidine rings is 1. The van der Waals surface area contributed by atoms with Crippen LogP contribution in [0.3, 0.4) is 0 Å². The SMILES string of the molecule is CCC(C)NCCNC(=O)CN1CCC(OCCNC(C)C)CC1. The van der Waals surface area contributed by atoms with Crippen LogP contribution in [0.4, 0.5) is 0 Å². The van der Waals surface area contributed by atoms with Gasteiger partial charge in [0.15, 0.2) is 0 Å². The molecule has 1 aliphatic rings. The molecule has 142 valence electrons. The van der Waals surface area contributed by atoms with Crippen LogP contribution in [0.25, 0.3) is 0 Å². The number of nitrogens with zero attached hydrogens (tertiary/aromatic N) is 1. The Morgan fingerprint density at radius 2 is 1.83 bits per heavy atom. The Kier molecular flexibility index (Phi) is 11.2. The van der Waals surface area contributed by atoms with Gasteiger partial charge in [-0.1, -0.05) is 20.8 Å². The molecule has 1 atom stereocenters. The summed E-state index contributed by atoms with van der Waals surface area (Å²) in [4.78, 5) is 14.2. The lowest BCUT2D eigenvalue weighted by molar-refractivity contribution is -0.122. The van der Waals surface area contributed by atoms with E-state index >= 15 is 0 Å². The third-order valence-electron chi connectivity index (χ3n) is 4.46. The number of ether oxygens (including phenoxy) is 1. The van der Waals surface area contributed by atoms with E-state index in [1.165, 1.54) is 0 Å². The molecule has 1 heterocycles. The summed E-state index contributed by atoms with van der Waals surface area (Å²) in [6, 6.07) is 1.02. The lowest BCUT2D eigenvalue weighted by atomic mass is 10.1. The zero-order valence-electron chi connectivity index (χ0n) is 16.1. The summed E-state index contributed by atoms with van der Waals surface area (Å²) < 4.78 is 5.90. The van der Waals surface area contributed by atoms with Gasteiger partial charge in [-0.2, -0.15) is 0 Å². The Hall–Kier alpha value is -0.690. The van der Waals surface area contributed by atoms with Gasteiger partial charge in [0.05, 0.1) is 19.3 Å². The largest absolute Gasteiger partial charge is 0.377 e. The highest BCUT2D eigenvalue weighted by Crippen LogP contribution is 2.13. The number of rotatable bonds is 12. The molecule has 0 bridgehead atoms. The van der Waals surface area contributed by atoms with Crippen molar-refractivity contribution in [3.8, 4) is 0 Å². The summed E-state index contributed by atoms with van der Waals surface area (Å²) in [6.45, 7) is 14.2. The molecule has 0 aromatic carbocycles. The van der Waals surface area contributed by atoms with Crippen LogP contribution in [0.5, 0.6) is 0 Å². The zero-order chi connectivity index (χ0) is 17.8. The quantitative estimate of drug-likeness (QED) is 0.461. The van der Waals surface area contributed by atoms with Crippen LogP contribution in [0.1, 0.15) is 47.0 Å². The molecule has 1 amide bonds. The smallest absolute Gasteiger partial charge is 0.234 e. The molecule has 0 aromatic heterocycles. The maximum atomic E-state index is 12.0. The van der Waals surface area contributed by atoms with E-state index in [0.717, 1.165) is 52.0 Å². The third kappa shape index (κ3) is 10.2. The molecule has 0 aromatic rings. The minimum Gasteiger partial charge on any atom is -0.377 e. The van der Waals surface area contributed by atoms with E-state index in [4.69, 9.17) is 4.74 Å². The highest BCUT2D eigenvalue weighted by atomic mass is 16.5. The summed E-state index contributed by atoms with van der Waals surface area (Å²) in [5, 5.41) is 9.73. The van der Waals surface area contributed by atoms with Gasteiger partial charge in [-0.25, -0.2) is 0 Å². The van der Waals surface area contributed by atoms with Crippen LogP contribution in [0, 0.1) is 0 Å². The number of likely N-dealkylation sites (tertiary alicyclic amines) is 1. The van der Waals surface area contributed by atoms with Crippen LogP contribution in [0.2, 0.25) is 0 Å². The highest BCUT2D eigenvalue weighted by Gasteiger charge is 2.21. The van der Waals surface area contributed by atoms with Crippen LogP contribution in [0.15, 0.2) is 0 Å². The van der Waals surface area contributed by atoms with Gasteiger partial charge in [0.1, 0.15) is 0 Å². The van der Waals surface area contributed by atoms with E-state index in [2.05, 4.69) is 48.5 Å². The molecule has 0 saturated carbocycles. The molecule has 6 heteroatoms. The second-order valence-corrected chi connectivity index (χ2v) is 7.07. The summed E-state index contributed by atoms with van der Waals surface area (Å²) >= 11 is 0. The number of hydrogen-bond acceptors (Lipinski definition) is 5. The van der Waals surface area contributed by atoms with Gasteiger partial charge in [-0.05, 0) is 26.2 Å². The number of carbonyl (C=O) groups excluding carboxylic acids is 1. The first-order valence-electron chi connectivity index (χ1n) is 9.58. The zero-order valence-corrected chi connectivity index (χ0v) is 16.1. The van der Waals surface area contributed by atoms with Crippen molar-refractivity contribution >= 4 is 5.91 Å². The monoisotopic (exact) mass is 342 g/mol. The van der Waals surface area contributed by atoms with Crippen LogP contribution in [-0.2, 0) is 9.53 Å². The van der Waals surface area contributed by atoms with Crippen molar-refractivity contribution in [2.75, 3.05) is 45.9 Å². The third-order valence-corrected chi connectivity index (χ3v) is 4.46. The minimum atomic E-state index is 0.126. The first-order chi connectivity index (χ1) is 11.5. The van der Waals surface area contributed by atoms with E-state index in [-0.39, 0.29) is 5.91 Å². The Balaban J connectivity index is 2.03. The predicted octanol–water partition coefficient (Wildman–Crippen LogP) is 0.970. The lowest BCUT2D eigenvalue weighted by Gasteiger charge is -2.31. The molecule has 1 fully saturated rings. The average Bonchev–Trinajstić information content (AvgIpc) is 2.56. The molecule has 0 radical (unpaired) electrons. The van der Waals surface area contributed by atoms with E-state index in [1.54, 1.807) is 0 Å². The maximum Gasteiger partial charge on any atom is 0.234 e. The second-order valence-electron chi connectivity index (χ2n) is 7.07. The maximum absolute atomic E-state index is 12.0. The van der Waals surface area contributed by atoms with E-state index < -0.39 is 0 Å². The second kappa shape index (κ2) is 12.6. The predicted molar refractivity (Wildman–Crippen MR) is 99.3 cm³/mol. The Bertz CT molecular complexity index is 331. The summed E-state index contributed by atoms with van der Waals surface area (Å²) in [7, 11) is 0. The standard InChI is InChI=1S/C18H38N4O2/c1-5-16(4)20-8-9-21-18(23)14-22-11-6-17(7-12-22)24-13-10-19-15(2)3/h15-17,19-20H,5-14H2,1-4H3,(H,21,23). The number of nitrogens with one attached hydrogen (secondary N) is 3. The fourth-order valence-corrected chi connectivity index (χ4v) is 2.73. The average molecular weight is 343 g/mol. The van der Waals surface area contributed by atoms with Gasteiger partial charge in [-0.15, -0.1) is 0 Å². The number of amides is 1. The molecular formula is C18H38N4O2. The van der Waals surface area contributed by atoms with Crippen molar-refractivity contribution in [1.82, 2.24) is 20.9 Å². The molecule has 1 rings (SSSR count). The van der Waals surface area contributed by atoms with Crippen molar-refractivity contribution in [3.05, 3.63) is 0 Å². The van der Waals surface area contributed by atoms with Gasteiger partial charge in [0, 0.05) is 44.8 Å². The Labute approximate surface area is 148 Å². The highest BCUT2D eigenvalue weighted by molar-refractivity contribution is 5.78. The molecule has 3 N–H and O–H groups in total. The Morgan fingerprint density at radius 3 is 2.46 bits per heavy atom. The molecule has 1 unspecified atom stereocenters. The number of carbonyl (C=O) groups is 1. The Morgan fingerprint density at radius 1 is 1.12 bits per heavy atom. The van der Waals surface area contributed by atoms with Crippen LogP contribution < -0.4 is 16.0 Å². The first-order valence-corrected chi connectivity index (χ1v) is 9.58. The molecule has 1 saturated heterocycles. The van der Waals surface area contributed by atoms with Crippen molar-refractivity contribution in [3.63, 3.8) is 0 Å². The lowest BCUT2D eigenvalue weighted by Crippen LogP contribution is -2.44. The molecule has 1 aliphatic heterocycles. The van der Waals surface area contributed by atoms with E-state index in [1.807, 2.05) is 0 Å². The van der Waals surface area contributed by atoms with Gasteiger partial charge in [0.2, 0.25) is 5.91 Å². The van der Waals surface area contributed by atoms with E-state index in [9.17, 15) is 4.79 Å². The minimum absolute atomic E-state index is 0.126. The van der Waals surface area contributed by atoms with Crippen molar-refractivity contribution in [2.45, 2.75) is 65.1 Å². The fourth-order valence-electron chi connectivity index (χ4n) is 2.73. The van der Waals surface area contributed by atoms with Crippen molar-refractivity contribution in [2.24, 2.45) is 0 Å². The fraction of sp³-hybridized carbons (Fsp3) is 0.944. The molecule has 0 spiro atoms. The van der Waals surface area contributed by atoms with Gasteiger partial charge < -0.3 is 20.7 Å². The van der Waals surface area contributed by atoms with Gasteiger partial charge in [0.25, 0.3) is 0 Å². The first kappa shape index (κ1) is 21.4. The summed E-state index contributed by atoms with van der Waals surface area (Å²) in [6.07, 6.45) is 3.49. The van der Waals surface area contributed by atoms with Crippen molar-refractivity contribution < 1.29 is 9.53 Å². The van der Waals surface area contributed by atoms with Crippen molar-refractivity contribution in [1.29, 1.82) is 0 Å². The number of hydrogen-bond donors (Lipinski definition) is 3. The summed E-state index contributed by atoms with van der Waals surface area (Å²) in [5.41, 5.74) is 0. The molecule has 0 aliphatic carbocycles. The van der Waals surface area contributed by atoms with Gasteiger partial charge >= 0.3 is 0 Å². The van der Waals surface area contributed by atoms with E-state index in [0.29, 0.717) is 31.3 Å². The van der Waals surface area contributed by atoms with Crippen LogP contribution >= 0.6 is 0 Å².